The normalized spacial score (nSPS) is 10.6. The van der Waals surface area contributed by atoms with E-state index in [9.17, 15) is 4.79 Å². The van der Waals surface area contributed by atoms with Crippen molar-refractivity contribution in [3.8, 4) is 0 Å². The molecule has 0 fully saturated rings. The molecule has 0 radical (unpaired) electrons. The van der Waals surface area contributed by atoms with Gasteiger partial charge in [-0.3, -0.25) is 4.79 Å². The lowest BCUT2D eigenvalue weighted by Crippen LogP contribution is -2.25. The molecule has 18 heavy (non-hydrogen) atoms. The van der Waals surface area contributed by atoms with Crippen LogP contribution in [0.25, 0.3) is 11.0 Å². The van der Waals surface area contributed by atoms with E-state index < -0.39 is 0 Å². The number of amides is 1. The van der Waals surface area contributed by atoms with Gasteiger partial charge in [0.25, 0.3) is 0 Å². The van der Waals surface area contributed by atoms with Crippen LogP contribution in [0.5, 0.6) is 0 Å². The summed E-state index contributed by atoms with van der Waals surface area (Å²) in [5.41, 5.74) is 2.04. The summed E-state index contributed by atoms with van der Waals surface area (Å²) in [7, 11) is 1.96. The van der Waals surface area contributed by atoms with Crippen molar-refractivity contribution < 1.29 is 4.79 Å². The van der Waals surface area contributed by atoms with E-state index in [0.29, 0.717) is 19.5 Å². The van der Waals surface area contributed by atoms with Crippen LogP contribution in [0.15, 0.2) is 24.3 Å². The summed E-state index contributed by atoms with van der Waals surface area (Å²) in [6, 6.07) is 7.96. The van der Waals surface area contributed by atoms with Gasteiger partial charge in [-0.15, -0.1) is 0 Å². The number of aryl methyl sites for hydroxylation is 1. The molecular weight excluding hydrogens is 228 g/mol. The van der Waals surface area contributed by atoms with Gasteiger partial charge >= 0.3 is 0 Å². The molecule has 0 atom stereocenters. The number of hydrogen-bond donors (Lipinski definition) is 2. The minimum atomic E-state index is 0.0590. The molecule has 0 saturated carbocycles. The smallest absolute Gasteiger partial charge is 0.221 e. The van der Waals surface area contributed by atoms with Crippen molar-refractivity contribution >= 4 is 22.9 Å². The highest BCUT2D eigenvalue weighted by molar-refractivity contribution is 5.79. The third kappa shape index (κ3) is 2.61. The molecular formula is C13H18N4O. The first-order chi connectivity index (χ1) is 8.72. The van der Waals surface area contributed by atoms with Gasteiger partial charge in [0.05, 0.1) is 11.0 Å². The lowest BCUT2D eigenvalue weighted by molar-refractivity contribution is -0.120. The number of nitrogens with one attached hydrogen (secondary N) is 2. The van der Waals surface area contributed by atoms with Crippen molar-refractivity contribution in [3.63, 3.8) is 0 Å². The van der Waals surface area contributed by atoms with Gasteiger partial charge in [0.15, 0.2) is 0 Å². The average molecular weight is 246 g/mol. The molecule has 2 aromatic rings. The van der Waals surface area contributed by atoms with Crippen LogP contribution in [0, 0.1) is 0 Å². The Balaban J connectivity index is 1.99. The van der Waals surface area contributed by atoms with Crippen molar-refractivity contribution in [1.82, 2.24) is 14.9 Å². The predicted octanol–water partition coefficient (Wildman–Crippen LogP) is 1.51. The monoisotopic (exact) mass is 246 g/mol. The molecule has 2 rings (SSSR count). The molecule has 1 aromatic heterocycles. The Morgan fingerprint density at radius 1 is 1.39 bits per heavy atom. The maximum atomic E-state index is 11.3. The van der Waals surface area contributed by atoms with Crippen LogP contribution >= 0.6 is 0 Å². The van der Waals surface area contributed by atoms with Crippen LogP contribution < -0.4 is 10.6 Å². The predicted molar refractivity (Wildman–Crippen MR) is 72.5 cm³/mol. The van der Waals surface area contributed by atoms with Gasteiger partial charge < -0.3 is 15.2 Å². The Labute approximate surface area is 106 Å². The SMILES string of the molecule is CCNC(=O)CCNc1nc2ccccc2n1C. The van der Waals surface area contributed by atoms with E-state index in [2.05, 4.69) is 15.6 Å². The summed E-state index contributed by atoms with van der Waals surface area (Å²) < 4.78 is 1.99. The number of rotatable bonds is 5. The average Bonchev–Trinajstić information content (AvgIpc) is 2.68. The quantitative estimate of drug-likeness (QED) is 0.840. The first-order valence-corrected chi connectivity index (χ1v) is 6.14. The Morgan fingerprint density at radius 3 is 2.89 bits per heavy atom. The Morgan fingerprint density at radius 2 is 2.17 bits per heavy atom. The highest BCUT2D eigenvalue weighted by Crippen LogP contribution is 2.17. The van der Waals surface area contributed by atoms with E-state index in [0.717, 1.165) is 17.0 Å². The van der Waals surface area contributed by atoms with Crippen LogP contribution in [-0.4, -0.2) is 28.5 Å². The van der Waals surface area contributed by atoms with Crippen LogP contribution in [0.1, 0.15) is 13.3 Å². The first-order valence-electron chi connectivity index (χ1n) is 6.14. The molecule has 0 bridgehead atoms. The topological polar surface area (TPSA) is 59.0 Å². The molecule has 1 heterocycles. The highest BCUT2D eigenvalue weighted by Gasteiger charge is 2.06. The Bertz CT molecular complexity index is 547. The van der Waals surface area contributed by atoms with Crippen LogP contribution in [0.3, 0.4) is 0 Å². The van der Waals surface area contributed by atoms with Gasteiger partial charge in [-0.1, -0.05) is 12.1 Å². The van der Waals surface area contributed by atoms with Crippen LogP contribution in [0.4, 0.5) is 5.95 Å². The van der Waals surface area contributed by atoms with E-state index in [1.807, 2.05) is 42.8 Å². The fraction of sp³-hybridized carbons (Fsp3) is 0.385. The highest BCUT2D eigenvalue weighted by atomic mass is 16.1. The minimum absolute atomic E-state index is 0.0590. The third-order valence-electron chi connectivity index (χ3n) is 2.80. The van der Waals surface area contributed by atoms with Crippen molar-refractivity contribution in [2.24, 2.45) is 7.05 Å². The summed E-state index contributed by atoms with van der Waals surface area (Å²) >= 11 is 0. The van der Waals surface area contributed by atoms with Crippen LogP contribution in [0.2, 0.25) is 0 Å². The minimum Gasteiger partial charge on any atom is -0.356 e. The maximum Gasteiger partial charge on any atom is 0.221 e. The zero-order valence-corrected chi connectivity index (χ0v) is 10.7. The second-order valence-electron chi connectivity index (χ2n) is 4.11. The number of nitrogens with zero attached hydrogens (tertiary/aromatic N) is 2. The zero-order chi connectivity index (χ0) is 13.0. The second-order valence-corrected chi connectivity index (χ2v) is 4.11. The van der Waals surface area contributed by atoms with E-state index in [1.54, 1.807) is 0 Å². The van der Waals surface area contributed by atoms with Gasteiger partial charge in [-0.05, 0) is 19.1 Å². The fourth-order valence-electron chi connectivity index (χ4n) is 1.88. The molecule has 96 valence electrons. The number of para-hydroxylation sites is 2. The number of benzene rings is 1. The van der Waals surface area contributed by atoms with Gasteiger partial charge in [0, 0.05) is 26.6 Å². The summed E-state index contributed by atoms with van der Waals surface area (Å²) in [6.07, 6.45) is 0.455. The fourth-order valence-corrected chi connectivity index (χ4v) is 1.88. The molecule has 2 N–H and O–H groups in total. The molecule has 0 spiro atoms. The number of imidazole rings is 1. The van der Waals surface area contributed by atoms with Gasteiger partial charge in [0.1, 0.15) is 0 Å². The van der Waals surface area contributed by atoms with Gasteiger partial charge in [-0.25, -0.2) is 4.98 Å². The van der Waals surface area contributed by atoms with Crippen molar-refractivity contribution in [2.45, 2.75) is 13.3 Å². The maximum absolute atomic E-state index is 11.3. The Kier molecular flexibility index (Phi) is 3.82. The number of carbonyl (C=O) groups is 1. The molecule has 5 nitrogen and oxygen atoms in total. The molecule has 1 aromatic carbocycles. The van der Waals surface area contributed by atoms with Crippen LogP contribution in [-0.2, 0) is 11.8 Å². The van der Waals surface area contributed by atoms with E-state index in [1.165, 1.54) is 0 Å². The first kappa shape index (κ1) is 12.4. The second kappa shape index (κ2) is 5.53. The third-order valence-corrected chi connectivity index (χ3v) is 2.80. The Hall–Kier alpha value is -2.04. The number of anilines is 1. The molecule has 0 unspecified atom stereocenters. The molecule has 0 aliphatic rings. The van der Waals surface area contributed by atoms with Crippen molar-refractivity contribution in [1.29, 1.82) is 0 Å². The number of hydrogen-bond acceptors (Lipinski definition) is 3. The molecule has 0 saturated heterocycles. The summed E-state index contributed by atoms with van der Waals surface area (Å²) in [5.74, 6) is 0.851. The lowest BCUT2D eigenvalue weighted by atomic mass is 10.3. The number of aromatic nitrogens is 2. The summed E-state index contributed by atoms with van der Waals surface area (Å²) in [5, 5.41) is 5.95. The lowest BCUT2D eigenvalue weighted by Gasteiger charge is -2.06. The van der Waals surface area contributed by atoms with E-state index in [4.69, 9.17) is 0 Å². The zero-order valence-electron chi connectivity index (χ0n) is 10.7. The molecule has 0 aliphatic heterocycles. The molecule has 1 amide bonds. The molecule has 0 aliphatic carbocycles. The van der Waals surface area contributed by atoms with E-state index >= 15 is 0 Å². The summed E-state index contributed by atoms with van der Waals surface area (Å²) in [6.45, 7) is 3.17. The standard InChI is InChI=1S/C13H18N4O/c1-3-14-12(18)8-9-15-13-16-10-6-4-5-7-11(10)17(13)2/h4-7H,3,8-9H2,1-2H3,(H,14,18)(H,15,16). The summed E-state index contributed by atoms with van der Waals surface area (Å²) in [4.78, 5) is 15.8. The number of carbonyl (C=O) groups excluding carboxylic acids is 1. The van der Waals surface area contributed by atoms with E-state index in [-0.39, 0.29) is 5.91 Å². The van der Waals surface area contributed by atoms with Crippen molar-refractivity contribution in [3.05, 3.63) is 24.3 Å². The largest absolute Gasteiger partial charge is 0.356 e. The number of fused-ring (bicyclic) bond motifs is 1. The van der Waals surface area contributed by atoms with Crippen molar-refractivity contribution in [2.75, 3.05) is 18.4 Å². The van der Waals surface area contributed by atoms with Gasteiger partial charge in [0.2, 0.25) is 11.9 Å². The molecule has 5 heteroatoms. The van der Waals surface area contributed by atoms with Gasteiger partial charge in [-0.2, -0.15) is 0 Å².